The van der Waals surface area contributed by atoms with Gasteiger partial charge in [-0.25, -0.2) is 0 Å². The first-order valence-corrected chi connectivity index (χ1v) is 13.4. The number of aliphatic hydroxyl groups is 3. The molecule has 3 unspecified atom stereocenters. The molecule has 4 atom stereocenters. The molecule has 12 heteroatoms. The number of carbonyl (C=O) groups excluding carboxylic acids is 4. The average Bonchev–Trinajstić information content (AvgIpc) is 3.40. The Kier molecular flexibility index (Phi) is 6.87. The minimum Gasteiger partial charge on any atom is -0.509 e. The number of hydrogen-bond acceptors (Lipinski definition) is 9. The first-order valence-electron chi connectivity index (χ1n) is 13.4. The van der Waals surface area contributed by atoms with Crippen LogP contribution in [0.5, 0.6) is 5.75 Å². The Labute approximate surface area is 230 Å². The molecule has 0 saturated heterocycles. The number of fused-ring (bicyclic) bond motifs is 3. The number of carbonyl (C=O) groups is 4. The molecule has 1 saturated carbocycles. The number of hydrogen-bond donors (Lipinski definition) is 7. The van der Waals surface area contributed by atoms with E-state index in [9.17, 15) is 39.6 Å². The third kappa shape index (κ3) is 4.22. The third-order valence-electron chi connectivity index (χ3n) is 8.89. The molecule has 4 aliphatic rings. The summed E-state index contributed by atoms with van der Waals surface area (Å²) >= 11 is 0. The minimum absolute atomic E-state index is 0.0194. The summed E-state index contributed by atoms with van der Waals surface area (Å²) in [5.74, 6) is -6.83. The van der Waals surface area contributed by atoms with Crippen molar-refractivity contribution in [2.75, 3.05) is 19.4 Å². The maximum absolute atomic E-state index is 13.1. The predicted molar refractivity (Wildman–Crippen MR) is 142 cm³/mol. The van der Waals surface area contributed by atoms with E-state index in [0.29, 0.717) is 17.6 Å². The molecule has 214 valence electrons. The van der Waals surface area contributed by atoms with Crippen molar-refractivity contribution in [3.8, 4) is 5.75 Å². The zero-order chi connectivity index (χ0) is 29.1. The summed E-state index contributed by atoms with van der Waals surface area (Å²) in [6.45, 7) is 0. The highest BCUT2D eigenvalue weighted by atomic mass is 16.4. The smallest absolute Gasteiger partial charge is 0.313 e. The van der Waals surface area contributed by atoms with Crippen molar-refractivity contribution in [2.24, 2.45) is 17.6 Å². The van der Waals surface area contributed by atoms with E-state index >= 15 is 0 Å². The average molecular weight is 555 g/mol. The van der Waals surface area contributed by atoms with E-state index in [2.05, 4.69) is 10.6 Å². The van der Waals surface area contributed by atoms with E-state index in [1.54, 1.807) is 20.2 Å². The zero-order valence-corrected chi connectivity index (χ0v) is 22.4. The number of nitrogens with one attached hydrogen (secondary N) is 2. The topological polar surface area (TPSA) is 203 Å². The summed E-state index contributed by atoms with van der Waals surface area (Å²) in [5.41, 5.74) is 3.64. The van der Waals surface area contributed by atoms with E-state index in [0.717, 1.165) is 31.2 Å². The number of Topliss-reactive ketones (excluding diaryl/α,β-unsaturated/α-hetero) is 1. The lowest BCUT2D eigenvalue weighted by molar-refractivity contribution is -0.136. The van der Waals surface area contributed by atoms with Gasteiger partial charge in [-0.15, -0.1) is 0 Å². The second-order valence-corrected chi connectivity index (χ2v) is 11.4. The fourth-order valence-electron chi connectivity index (χ4n) is 6.91. The van der Waals surface area contributed by atoms with Crippen LogP contribution < -0.4 is 16.4 Å². The molecular weight excluding hydrogens is 520 g/mol. The van der Waals surface area contributed by atoms with E-state index in [1.165, 1.54) is 11.0 Å². The van der Waals surface area contributed by atoms with Gasteiger partial charge in [0.15, 0.2) is 11.4 Å². The second-order valence-electron chi connectivity index (χ2n) is 11.4. The van der Waals surface area contributed by atoms with Crippen LogP contribution in [0.15, 0.2) is 34.8 Å². The summed E-state index contributed by atoms with van der Waals surface area (Å²) in [7, 11) is 3.19. The summed E-state index contributed by atoms with van der Waals surface area (Å²) in [5, 5.41) is 50.3. The van der Waals surface area contributed by atoms with Gasteiger partial charge in [-0.2, -0.15) is 0 Å². The summed E-state index contributed by atoms with van der Waals surface area (Å²) in [6, 6.07) is 2.13. The Balaban J connectivity index is 1.48. The largest absolute Gasteiger partial charge is 0.509 e. The van der Waals surface area contributed by atoms with Crippen molar-refractivity contribution >= 4 is 29.2 Å². The third-order valence-corrected chi connectivity index (χ3v) is 8.89. The van der Waals surface area contributed by atoms with E-state index in [-0.39, 0.29) is 36.2 Å². The SMILES string of the molecule is CN(C)[C@@H]1C(=O)C(C(N)=O)=C(O)C2(O)C(O)=C3Cc4c(ccc(NC(=O)C(=O)NC5CCCC5)c4O)CC3CC12. The Bertz CT molecular complexity index is 1380. The van der Waals surface area contributed by atoms with Gasteiger partial charge in [-0.1, -0.05) is 18.9 Å². The van der Waals surface area contributed by atoms with Crippen LogP contribution in [0.2, 0.25) is 0 Å². The molecule has 40 heavy (non-hydrogen) atoms. The maximum atomic E-state index is 13.1. The Hall–Kier alpha value is -3.90. The van der Waals surface area contributed by atoms with Gasteiger partial charge in [0, 0.05) is 23.9 Å². The van der Waals surface area contributed by atoms with Crippen LogP contribution in [-0.4, -0.2) is 80.6 Å². The number of phenols is 1. The molecule has 0 spiro atoms. The molecule has 0 heterocycles. The highest BCUT2D eigenvalue weighted by Gasteiger charge is 2.61. The van der Waals surface area contributed by atoms with Crippen LogP contribution in [0.4, 0.5) is 5.69 Å². The number of aromatic hydroxyl groups is 1. The molecule has 0 radical (unpaired) electrons. The molecule has 1 aromatic carbocycles. The molecule has 4 aliphatic carbocycles. The van der Waals surface area contributed by atoms with Crippen molar-refractivity contribution in [1.82, 2.24) is 10.2 Å². The highest BCUT2D eigenvalue weighted by molar-refractivity contribution is 6.39. The quantitative estimate of drug-likeness (QED) is 0.157. The van der Waals surface area contributed by atoms with Gasteiger partial charge in [0.1, 0.15) is 22.8 Å². The van der Waals surface area contributed by atoms with Gasteiger partial charge in [0.05, 0.1) is 11.7 Å². The normalized spacial score (nSPS) is 28.2. The number of primary amides is 1. The lowest BCUT2D eigenvalue weighted by Gasteiger charge is -2.50. The fraction of sp³-hybridized carbons (Fsp3) is 0.500. The monoisotopic (exact) mass is 554 g/mol. The predicted octanol–water partition coefficient (Wildman–Crippen LogP) is 0.478. The first kappa shape index (κ1) is 27.7. The molecule has 12 nitrogen and oxygen atoms in total. The van der Waals surface area contributed by atoms with Crippen LogP contribution in [0.25, 0.3) is 0 Å². The van der Waals surface area contributed by atoms with Gasteiger partial charge in [0.25, 0.3) is 5.91 Å². The van der Waals surface area contributed by atoms with Gasteiger partial charge in [-0.05, 0) is 62.9 Å². The van der Waals surface area contributed by atoms with Crippen molar-refractivity contribution in [1.29, 1.82) is 0 Å². The number of likely N-dealkylation sites (N-methyl/N-ethyl adjacent to an activating group) is 1. The summed E-state index contributed by atoms with van der Waals surface area (Å²) in [4.78, 5) is 51.6. The van der Waals surface area contributed by atoms with E-state index < -0.39 is 58.2 Å². The molecular formula is C28H34N4O8. The molecule has 1 aromatic rings. The molecule has 3 amide bonds. The van der Waals surface area contributed by atoms with Crippen molar-refractivity contribution < 1.29 is 39.6 Å². The number of phenolic OH excluding ortho intramolecular Hbond substituents is 1. The molecule has 0 aromatic heterocycles. The number of rotatable bonds is 4. The number of benzene rings is 1. The lowest BCUT2D eigenvalue weighted by Crippen LogP contribution is -2.62. The van der Waals surface area contributed by atoms with Gasteiger partial charge >= 0.3 is 11.8 Å². The van der Waals surface area contributed by atoms with Crippen LogP contribution >= 0.6 is 0 Å². The van der Waals surface area contributed by atoms with Gasteiger partial charge in [0.2, 0.25) is 0 Å². The molecule has 1 fully saturated rings. The number of ketones is 1. The molecule has 5 rings (SSSR count). The van der Waals surface area contributed by atoms with E-state index in [4.69, 9.17) is 5.73 Å². The zero-order valence-electron chi connectivity index (χ0n) is 22.4. The van der Waals surface area contributed by atoms with Crippen LogP contribution in [0, 0.1) is 11.8 Å². The van der Waals surface area contributed by atoms with Crippen LogP contribution in [0.1, 0.15) is 43.2 Å². The first-order chi connectivity index (χ1) is 18.9. The molecule has 0 aliphatic heterocycles. The number of anilines is 1. The van der Waals surface area contributed by atoms with Crippen molar-refractivity contribution in [2.45, 2.75) is 62.6 Å². The van der Waals surface area contributed by atoms with Crippen molar-refractivity contribution in [3.05, 3.63) is 45.9 Å². The van der Waals surface area contributed by atoms with Gasteiger partial charge < -0.3 is 36.8 Å². The number of aliphatic hydroxyl groups excluding tert-OH is 2. The molecule has 0 bridgehead atoms. The maximum Gasteiger partial charge on any atom is 0.313 e. The van der Waals surface area contributed by atoms with Gasteiger partial charge in [-0.3, -0.25) is 24.1 Å². The number of amides is 3. The summed E-state index contributed by atoms with van der Waals surface area (Å²) in [6.07, 6.45) is 4.09. The number of allylic oxidation sites excluding steroid dienone is 1. The Morgan fingerprint density at radius 2 is 1.73 bits per heavy atom. The second kappa shape index (κ2) is 9.93. The van der Waals surface area contributed by atoms with Crippen LogP contribution in [0.3, 0.4) is 0 Å². The van der Waals surface area contributed by atoms with Crippen molar-refractivity contribution in [3.63, 3.8) is 0 Å². The number of nitrogens with zero attached hydrogens (tertiary/aromatic N) is 1. The highest BCUT2D eigenvalue weighted by Crippen LogP contribution is 2.53. The Morgan fingerprint density at radius 1 is 1.05 bits per heavy atom. The Morgan fingerprint density at radius 3 is 2.35 bits per heavy atom. The summed E-state index contributed by atoms with van der Waals surface area (Å²) < 4.78 is 0. The minimum atomic E-state index is -2.43. The molecule has 8 N–H and O–H groups in total. The number of nitrogens with two attached hydrogens (primary N) is 1. The van der Waals surface area contributed by atoms with Crippen LogP contribution in [-0.2, 0) is 32.0 Å². The standard InChI is InChI=1S/C28H34N4O8/c1-32(2)20-17-10-13-9-12-7-8-18(31-27(39)26(38)30-14-5-3-4-6-14)21(33)15(12)11-16(13)23(35)28(17,40)24(36)19(22(20)34)25(29)37/h7-8,13-14,17,20,33,35-36,40H,3-6,9-11H2,1-2H3,(H2,29,37)(H,30,38)(H,31,39)/t13?,17?,20-,28?/m0/s1. The fourth-order valence-corrected chi connectivity index (χ4v) is 6.91. The van der Waals surface area contributed by atoms with E-state index in [1.807, 2.05) is 0 Å². The lowest BCUT2D eigenvalue weighted by atomic mass is 9.59.